The minimum Gasteiger partial charge on any atom is -0.296 e. The number of likely N-dealkylation sites (tertiary alicyclic amines) is 1. The predicted molar refractivity (Wildman–Crippen MR) is 101 cm³/mol. The van der Waals surface area contributed by atoms with Crippen molar-refractivity contribution in [2.75, 3.05) is 20.1 Å². The first-order chi connectivity index (χ1) is 12.2. The summed E-state index contributed by atoms with van der Waals surface area (Å²) < 4.78 is 0. The number of halogens is 1. The predicted octanol–water partition coefficient (Wildman–Crippen LogP) is 3.85. The van der Waals surface area contributed by atoms with E-state index >= 15 is 0 Å². The van der Waals surface area contributed by atoms with Gasteiger partial charge in [-0.25, -0.2) is 9.97 Å². The molecule has 0 saturated carbocycles. The van der Waals surface area contributed by atoms with Crippen LogP contribution in [-0.2, 0) is 19.5 Å². The van der Waals surface area contributed by atoms with Crippen LogP contribution >= 0.6 is 11.6 Å². The number of fused-ring (bicyclic) bond motifs is 1. The number of rotatable bonds is 3. The smallest absolute Gasteiger partial charge is 0.145 e. The summed E-state index contributed by atoms with van der Waals surface area (Å²) in [6.45, 7) is 3.96. The fourth-order valence-corrected chi connectivity index (χ4v) is 4.15. The Morgan fingerprint density at radius 3 is 2.92 bits per heavy atom. The number of hydrogen-bond acceptors (Lipinski definition) is 4. The molecule has 0 unspecified atom stereocenters. The highest BCUT2D eigenvalue weighted by Crippen LogP contribution is 2.29. The first-order valence-electron chi connectivity index (χ1n) is 9.21. The third kappa shape index (κ3) is 3.71. The molecule has 1 atom stereocenters. The maximum atomic E-state index is 6.31. The number of benzene rings is 1. The lowest BCUT2D eigenvalue weighted by Gasteiger charge is -2.33. The van der Waals surface area contributed by atoms with E-state index in [9.17, 15) is 0 Å². The molecule has 0 spiro atoms. The Labute approximate surface area is 154 Å². The Hall–Kier alpha value is -1.49. The van der Waals surface area contributed by atoms with Gasteiger partial charge in [0, 0.05) is 48.5 Å². The summed E-state index contributed by atoms with van der Waals surface area (Å²) in [7, 11) is 2.19. The summed E-state index contributed by atoms with van der Waals surface area (Å²) in [5.41, 5.74) is 3.69. The van der Waals surface area contributed by atoms with Gasteiger partial charge in [0.05, 0.1) is 6.04 Å². The zero-order chi connectivity index (χ0) is 17.2. The second-order valence-electron chi connectivity index (χ2n) is 7.24. The Balaban J connectivity index is 1.48. The molecule has 2 aliphatic heterocycles. The molecule has 25 heavy (non-hydrogen) atoms. The summed E-state index contributed by atoms with van der Waals surface area (Å²) in [5, 5.41) is 0.847. The van der Waals surface area contributed by atoms with Crippen molar-refractivity contribution in [1.82, 2.24) is 19.8 Å². The van der Waals surface area contributed by atoms with Gasteiger partial charge in [-0.1, -0.05) is 36.2 Å². The van der Waals surface area contributed by atoms with Crippen LogP contribution in [0.3, 0.4) is 0 Å². The highest BCUT2D eigenvalue weighted by molar-refractivity contribution is 6.31. The highest BCUT2D eigenvalue weighted by atomic mass is 35.5. The summed E-state index contributed by atoms with van der Waals surface area (Å²) >= 11 is 6.31. The van der Waals surface area contributed by atoms with Gasteiger partial charge in [-0.2, -0.15) is 0 Å². The Kier molecular flexibility index (Phi) is 5.02. The van der Waals surface area contributed by atoms with E-state index in [2.05, 4.69) is 35.2 Å². The zero-order valence-corrected chi connectivity index (χ0v) is 15.5. The largest absolute Gasteiger partial charge is 0.296 e. The molecule has 2 aromatic rings. The molecular weight excluding hydrogens is 332 g/mol. The van der Waals surface area contributed by atoms with Gasteiger partial charge in [0.25, 0.3) is 0 Å². The van der Waals surface area contributed by atoms with Crippen LogP contribution in [0.15, 0.2) is 30.5 Å². The Bertz CT molecular complexity index is 748. The van der Waals surface area contributed by atoms with Gasteiger partial charge in [-0.3, -0.25) is 9.80 Å². The van der Waals surface area contributed by atoms with E-state index in [0.29, 0.717) is 6.04 Å². The lowest BCUT2D eigenvalue weighted by molar-refractivity contribution is 0.178. The van der Waals surface area contributed by atoms with Gasteiger partial charge in [0.2, 0.25) is 0 Å². The molecule has 1 fully saturated rings. The van der Waals surface area contributed by atoms with Crippen molar-refractivity contribution in [3.05, 3.63) is 58.1 Å². The maximum absolute atomic E-state index is 6.31. The van der Waals surface area contributed by atoms with Crippen LogP contribution in [0, 0.1) is 0 Å². The molecule has 4 rings (SSSR count). The molecule has 1 aromatic carbocycles. The van der Waals surface area contributed by atoms with Crippen LogP contribution in [0.1, 0.15) is 47.9 Å². The molecule has 1 aromatic heterocycles. The van der Waals surface area contributed by atoms with E-state index < -0.39 is 0 Å². The summed E-state index contributed by atoms with van der Waals surface area (Å²) in [6.07, 6.45) is 6.79. The third-order valence-electron chi connectivity index (χ3n) is 5.45. The first kappa shape index (κ1) is 17.0. The van der Waals surface area contributed by atoms with Crippen LogP contribution in [0.25, 0.3) is 0 Å². The van der Waals surface area contributed by atoms with Gasteiger partial charge >= 0.3 is 0 Å². The number of aromatic nitrogens is 2. The van der Waals surface area contributed by atoms with Crippen LogP contribution in [0.5, 0.6) is 0 Å². The second kappa shape index (κ2) is 7.40. The Morgan fingerprint density at radius 2 is 2.08 bits per heavy atom. The average Bonchev–Trinajstić information content (AvgIpc) is 2.64. The fourth-order valence-electron chi connectivity index (χ4n) is 3.95. The monoisotopic (exact) mass is 356 g/mol. The molecular formula is C20H25ClN4. The molecule has 5 heteroatoms. The van der Waals surface area contributed by atoms with Gasteiger partial charge in [0.1, 0.15) is 5.82 Å². The molecule has 1 saturated heterocycles. The van der Waals surface area contributed by atoms with Crippen LogP contribution in [0.4, 0.5) is 0 Å². The van der Waals surface area contributed by atoms with Gasteiger partial charge in [0.15, 0.2) is 0 Å². The van der Waals surface area contributed by atoms with E-state index in [0.717, 1.165) is 43.4 Å². The molecule has 0 amide bonds. The van der Waals surface area contributed by atoms with Gasteiger partial charge in [-0.15, -0.1) is 0 Å². The normalized spacial score (nSPS) is 21.9. The fraction of sp³-hybridized carbons (Fsp3) is 0.500. The topological polar surface area (TPSA) is 32.3 Å². The Morgan fingerprint density at radius 1 is 1.20 bits per heavy atom. The van der Waals surface area contributed by atoms with E-state index in [-0.39, 0.29) is 0 Å². The summed E-state index contributed by atoms with van der Waals surface area (Å²) in [6, 6.07) is 8.49. The van der Waals surface area contributed by atoms with Crippen molar-refractivity contribution >= 4 is 11.6 Å². The van der Waals surface area contributed by atoms with Gasteiger partial charge < -0.3 is 0 Å². The van der Waals surface area contributed by atoms with Crippen molar-refractivity contribution in [2.24, 2.45) is 0 Å². The lowest BCUT2D eigenvalue weighted by Crippen LogP contribution is -2.33. The minimum atomic E-state index is 0.389. The number of nitrogens with zero attached hydrogens (tertiary/aromatic N) is 4. The molecule has 2 aliphatic rings. The average molecular weight is 357 g/mol. The van der Waals surface area contributed by atoms with E-state index in [1.54, 1.807) is 0 Å². The third-order valence-corrected chi connectivity index (χ3v) is 5.82. The van der Waals surface area contributed by atoms with Crippen LogP contribution in [-0.4, -0.2) is 39.9 Å². The standard InChI is InChI=1S/C20H25ClN4/c1-24-10-5-4-8-19(24)20-22-12-16-14-25(11-9-18(16)23-20)13-15-6-2-3-7-17(15)21/h2-3,6-7,12,19H,4-5,8-11,13-14H2,1H3/t19-/m0/s1. The number of hydrogen-bond donors (Lipinski definition) is 0. The molecule has 4 nitrogen and oxygen atoms in total. The van der Waals surface area contributed by atoms with Crippen molar-refractivity contribution in [3.63, 3.8) is 0 Å². The van der Waals surface area contributed by atoms with E-state index in [1.165, 1.54) is 36.1 Å². The highest BCUT2D eigenvalue weighted by Gasteiger charge is 2.25. The molecule has 0 bridgehead atoms. The van der Waals surface area contributed by atoms with Gasteiger partial charge in [-0.05, 0) is 38.1 Å². The maximum Gasteiger partial charge on any atom is 0.145 e. The van der Waals surface area contributed by atoms with Crippen molar-refractivity contribution in [3.8, 4) is 0 Å². The second-order valence-corrected chi connectivity index (χ2v) is 7.65. The van der Waals surface area contributed by atoms with Crippen LogP contribution in [0.2, 0.25) is 5.02 Å². The van der Waals surface area contributed by atoms with E-state index in [1.807, 2.05) is 12.1 Å². The quantitative estimate of drug-likeness (QED) is 0.836. The SMILES string of the molecule is CN1CCCC[C@H]1c1ncc2c(n1)CCN(Cc1ccccc1Cl)C2. The number of piperidine rings is 1. The lowest BCUT2D eigenvalue weighted by atomic mass is 10.0. The van der Waals surface area contributed by atoms with Crippen molar-refractivity contribution in [2.45, 2.75) is 44.8 Å². The summed E-state index contributed by atoms with van der Waals surface area (Å²) in [5.74, 6) is 1.01. The molecule has 0 aliphatic carbocycles. The minimum absolute atomic E-state index is 0.389. The molecule has 132 valence electrons. The van der Waals surface area contributed by atoms with E-state index in [4.69, 9.17) is 21.6 Å². The summed E-state index contributed by atoms with van der Waals surface area (Å²) in [4.78, 5) is 14.5. The zero-order valence-electron chi connectivity index (χ0n) is 14.8. The van der Waals surface area contributed by atoms with Crippen molar-refractivity contribution in [1.29, 1.82) is 0 Å². The van der Waals surface area contributed by atoms with Crippen LogP contribution < -0.4 is 0 Å². The molecule has 0 N–H and O–H groups in total. The van der Waals surface area contributed by atoms with Crippen molar-refractivity contribution < 1.29 is 0 Å². The first-order valence-corrected chi connectivity index (χ1v) is 9.59. The molecule has 0 radical (unpaired) electrons. The molecule has 3 heterocycles.